The van der Waals surface area contributed by atoms with Crippen LogP contribution in [0.4, 0.5) is 42.0 Å². The van der Waals surface area contributed by atoms with Gasteiger partial charge in [-0.05, 0) is 12.1 Å². The number of rotatable bonds is 7. The van der Waals surface area contributed by atoms with E-state index >= 15 is 0 Å². The van der Waals surface area contributed by atoms with Crippen LogP contribution in [0.2, 0.25) is 0 Å². The summed E-state index contributed by atoms with van der Waals surface area (Å²) in [6.07, 6.45) is -4.03. The van der Waals surface area contributed by atoms with Crippen LogP contribution in [0.5, 0.6) is 11.5 Å². The molecule has 0 spiro atoms. The molecule has 0 saturated heterocycles. The maximum Gasteiger partial charge on any atom is 0.421 e. The van der Waals surface area contributed by atoms with Gasteiger partial charge < -0.3 is 25.4 Å². The van der Waals surface area contributed by atoms with Crippen LogP contribution >= 0.6 is 0 Å². The fourth-order valence-corrected chi connectivity index (χ4v) is 2.77. The van der Waals surface area contributed by atoms with E-state index in [0.717, 1.165) is 0 Å². The molecule has 0 aliphatic rings. The summed E-state index contributed by atoms with van der Waals surface area (Å²) < 4.78 is 51.1. The summed E-state index contributed by atoms with van der Waals surface area (Å²) in [5.41, 5.74) is -0.0749. The van der Waals surface area contributed by atoms with Crippen molar-refractivity contribution in [2.24, 2.45) is 0 Å². The molecule has 0 unspecified atom stereocenters. The summed E-state index contributed by atoms with van der Waals surface area (Å²) in [5, 5.41) is 8.06. The van der Waals surface area contributed by atoms with Crippen molar-refractivity contribution in [2.45, 2.75) is 13.1 Å². The van der Waals surface area contributed by atoms with Gasteiger partial charge in [0.25, 0.3) is 0 Å². The van der Waals surface area contributed by atoms with Gasteiger partial charge in [-0.1, -0.05) is 12.1 Å². The zero-order valence-corrected chi connectivity index (χ0v) is 17.4. The van der Waals surface area contributed by atoms with Crippen molar-refractivity contribution < 1.29 is 27.4 Å². The number of methoxy groups -OCH3 is 2. The molecule has 0 aliphatic heterocycles. The molecule has 3 N–H and O–H groups in total. The van der Waals surface area contributed by atoms with Gasteiger partial charge in [0, 0.05) is 37.0 Å². The second-order valence-corrected chi connectivity index (χ2v) is 6.53. The lowest BCUT2D eigenvalue weighted by molar-refractivity contribution is -0.137. The average Bonchev–Trinajstić information content (AvgIpc) is 2.73. The Kier molecular flexibility index (Phi) is 6.67. The van der Waals surface area contributed by atoms with Gasteiger partial charge in [-0.2, -0.15) is 18.2 Å². The Morgan fingerprint density at radius 1 is 0.969 bits per heavy atom. The molecule has 3 aromatic rings. The standard InChI is InChI=1S/C21H20F3N5O3/c1-12(30)26-17-6-4-5-7-18(17)28-19-16(21(22,23)24)11-25-20(29-19)27-13-8-14(31-2)10-15(9-13)32-3/h4-11H,1-3H3,(H,26,30)(H2,25,27,28,29). The topological polar surface area (TPSA) is 97.4 Å². The normalized spacial score (nSPS) is 10.9. The highest BCUT2D eigenvalue weighted by Gasteiger charge is 2.35. The smallest absolute Gasteiger partial charge is 0.421 e. The summed E-state index contributed by atoms with van der Waals surface area (Å²) in [6, 6.07) is 11.2. The molecule has 0 radical (unpaired) electrons. The second-order valence-electron chi connectivity index (χ2n) is 6.53. The van der Waals surface area contributed by atoms with Crippen molar-refractivity contribution in [1.82, 2.24) is 9.97 Å². The van der Waals surface area contributed by atoms with Crippen molar-refractivity contribution in [1.29, 1.82) is 0 Å². The summed E-state index contributed by atoms with van der Waals surface area (Å²) in [4.78, 5) is 19.2. The minimum atomic E-state index is -4.71. The Bertz CT molecular complexity index is 1100. The molecule has 8 nitrogen and oxygen atoms in total. The van der Waals surface area contributed by atoms with E-state index in [1.165, 1.54) is 27.2 Å². The van der Waals surface area contributed by atoms with Gasteiger partial charge in [-0.25, -0.2) is 4.98 Å². The van der Waals surface area contributed by atoms with E-state index in [1.807, 2.05) is 0 Å². The third-order valence-corrected chi connectivity index (χ3v) is 4.19. The van der Waals surface area contributed by atoms with E-state index in [1.54, 1.807) is 36.4 Å². The lowest BCUT2D eigenvalue weighted by Gasteiger charge is -2.17. The molecule has 0 saturated carbocycles. The van der Waals surface area contributed by atoms with Crippen molar-refractivity contribution in [3.63, 3.8) is 0 Å². The number of nitrogens with one attached hydrogen (secondary N) is 3. The van der Waals surface area contributed by atoms with Crippen LogP contribution in [0.15, 0.2) is 48.7 Å². The third kappa shape index (κ3) is 5.56. The molecule has 32 heavy (non-hydrogen) atoms. The van der Waals surface area contributed by atoms with Gasteiger partial charge in [0.05, 0.1) is 25.6 Å². The molecule has 3 rings (SSSR count). The maximum absolute atomic E-state index is 13.6. The number of hydrogen-bond donors (Lipinski definition) is 3. The number of amides is 1. The molecule has 0 fully saturated rings. The first-order valence-electron chi connectivity index (χ1n) is 9.27. The van der Waals surface area contributed by atoms with E-state index in [4.69, 9.17) is 9.47 Å². The van der Waals surface area contributed by atoms with E-state index in [-0.39, 0.29) is 17.5 Å². The predicted molar refractivity (Wildman–Crippen MR) is 114 cm³/mol. The number of anilines is 5. The minimum absolute atomic E-state index is 0.0900. The molecule has 0 bridgehead atoms. The van der Waals surface area contributed by atoms with Crippen LogP contribution < -0.4 is 25.4 Å². The van der Waals surface area contributed by atoms with Gasteiger partial charge in [0.2, 0.25) is 11.9 Å². The van der Waals surface area contributed by atoms with Crippen LogP contribution in [0.25, 0.3) is 0 Å². The number of alkyl halides is 3. The van der Waals surface area contributed by atoms with Crippen LogP contribution in [-0.4, -0.2) is 30.1 Å². The Labute approximate surface area is 181 Å². The van der Waals surface area contributed by atoms with Crippen LogP contribution in [0.1, 0.15) is 12.5 Å². The van der Waals surface area contributed by atoms with Gasteiger partial charge in [0.1, 0.15) is 22.9 Å². The minimum Gasteiger partial charge on any atom is -0.497 e. The molecule has 1 aromatic heterocycles. The fourth-order valence-electron chi connectivity index (χ4n) is 2.77. The van der Waals surface area contributed by atoms with Crippen molar-refractivity contribution in [2.75, 3.05) is 30.2 Å². The number of benzene rings is 2. The Morgan fingerprint density at radius 3 is 2.16 bits per heavy atom. The van der Waals surface area contributed by atoms with Gasteiger partial charge >= 0.3 is 6.18 Å². The highest BCUT2D eigenvalue weighted by Crippen LogP contribution is 2.37. The van der Waals surface area contributed by atoms with Crippen molar-refractivity contribution in [3.05, 3.63) is 54.2 Å². The van der Waals surface area contributed by atoms with Gasteiger partial charge in [-0.3, -0.25) is 4.79 Å². The Balaban J connectivity index is 1.99. The summed E-state index contributed by atoms with van der Waals surface area (Å²) in [5.74, 6) is 0.00507. The molecular formula is C21H20F3N5O3. The number of carbonyl (C=O) groups is 1. The molecule has 1 amide bonds. The lowest BCUT2D eigenvalue weighted by atomic mass is 10.2. The Hall–Kier alpha value is -4.02. The van der Waals surface area contributed by atoms with E-state index in [9.17, 15) is 18.0 Å². The van der Waals surface area contributed by atoms with Crippen LogP contribution in [0.3, 0.4) is 0 Å². The number of para-hydroxylation sites is 2. The van der Waals surface area contributed by atoms with Crippen LogP contribution in [-0.2, 0) is 11.0 Å². The van der Waals surface area contributed by atoms with E-state index in [2.05, 4.69) is 25.9 Å². The predicted octanol–water partition coefficient (Wildman–Crippen LogP) is 4.96. The van der Waals surface area contributed by atoms with Crippen molar-refractivity contribution in [3.8, 4) is 11.5 Å². The highest BCUT2D eigenvalue weighted by atomic mass is 19.4. The monoisotopic (exact) mass is 447 g/mol. The van der Waals surface area contributed by atoms with Gasteiger partial charge in [-0.15, -0.1) is 0 Å². The van der Waals surface area contributed by atoms with Gasteiger partial charge in [0.15, 0.2) is 0 Å². The summed E-state index contributed by atoms with van der Waals surface area (Å²) in [6.45, 7) is 1.30. The zero-order chi connectivity index (χ0) is 23.3. The first-order chi connectivity index (χ1) is 15.2. The zero-order valence-electron chi connectivity index (χ0n) is 17.4. The van der Waals surface area contributed by atoms with E-state index in [0.29, 0.717) is 29.1 Å². The average molecular weight is 447 g/mol. The Morgan fingerprint density at radius 2 is 1.59 bits per heavy atom. The van der Waals surface area contributed by atoms with Crippen molar-refractivity contribution >= 4 is 34.7 Å². The molecule has 11 heteroatoms. The summed E-state index contributed by atoms with van der Waals surface area (Å²) >= 11 is 0. The first kappa shape index (κ1) is 22.7. The molecule has 0 atom stereocenters. The number of aromatic nitrogens is 2. The number of carbonyl (C=O) groups excluding carboxylic acids is 1. The number of nitrogens with zero attached hydrogens (tertiary/aromatic N) is 2. The first-order valence-corrected chi connectivity index (χ1v) is 9.27. The lowest BCUT2D eigenvalue weighted by Crippen LogP contribution is -2.14. The molecule has 0 aliphatic carbocycles. The van der Waals surface area contributed by atoms with Crippen LogP contribution in [0, 0.1) is 0 Å². The molecule has 168 valence electrons. The van der Waals surface area contributed by atoms with E-state index < -0.39 is 17.6 Å². The highest BCUT2D eigenvalue weighted by molar-refractivity contribution is 5.93. The molecule has 2 aromatic carbocycles. The second kappa shape index (κ2) is 9.41. The largest absolute Gasteiger partial charge is 0.497 e. The SMILES string of the molecule is COc1cc(Nc2ncc(C(F)(F)F)c(Nc3ccccc3NC(C)=O)n2)cc(OC)c1. The maximum atomic E-state index is 13.6. The third-order valence-electron chi connectivity index (χ3n) is 4.19. The molecular weight excluding hydrogens is 427 g/mol. The number of hydrogen-bond acceptors (Lipinski definition) is 7. The number of halogens is 3. The molecule has 1 heterocycles. The number of ether oxygens (including phenoxy) is 2. The quantitative estimate of drug-likeness (QED) is 0.471. The summed E-state index contributed by atoms with van der Waals surface area (Å²) in [7, 11) is 2.95. The fraction of sp³-hybridized carbons (Fsp3) is 0.190.